The number of anilines is 1. The lowest BCUT2D eigenvalue weighted by Crippen LogP contribution is -2.13. The molecule has 1 aliphatic rings. The summed E-state index contributed by atoms with van der Waals surface area (Å²) >= 11 is 0. The fraction of sp³-hybridized carbons (Fsp3) is 0.375. The van der Waals surface area contributed by atoms with Crippen LogP contribution in [0.2, 0.25) is 0 Å². The Morgan fingerprint density at radius 3 is 2.46 bits per heavy atom. The van der Waals surface area contributed by atoms with Crippen LogP contribution >= 0.6 is 0 Å². The number of nitrogens with two attached hydrogens (primary N) is 2. The Morgan fingerprint density at radius 1 is 1.11 bits per heavy atom. The van der Waals surface area contributed by atoms with Gasteiger partial charge < -0.3 is 5.32 Å². The fourth-order valence-electron chi connectivity index (χ4n) is 3.93. The van der Waals surface area contributed by atoms with Crippen molar-refractivity contribution in [3.63, 3.8) is 0 Å². The van der Waals surface area contributed by atoms with Crippen molar-refractivity contribution in [2.24, 2.45) is 11.7 Å². The summed E-state index contributed by atoms with van der Waals surface area (Å²) in [6, 6.07) is 11.0. The highest BCUT2D eigenvalue weighted by Gasteiger charge is 2.25. The minimum Gasteiger partial charge on any atom is -0.322 e. The zero-order valence-corrected chi connectivity index (χ0v) is 17.2. The molecule has 0 bridgehead atoms. The largest absolute Gasteiger partial charge is 0.322 e. The van der Waals surface area contributed by atoms with Gasteiger partial charge in [-0.3, -0.25) is 16.5 Å². The van der Waals surface area contributed by atoms with E-state index in [-0.39, 0.29) is 5.91 Å². The van der Waals surface area contributed by atoms with Crippen molar-refractivity contribution in [1.29, 1.82) is 0 Å². The lowest BCUT2D eigenvalue weighted by Gasteiger charge is -2.20. The maximum atomic E-state index is 12.2. The molecular weight excluding hydrogens is 346 g/mol. The first-order valence-electron chi connectivity index (χ1n) is 10.2. The van der Waals surface area contributed by atoms with E-state index in [2.05, 4.69) is 67.8 Å². The molecule has 0 atom stereocenters. The summed E-state index contributed by atoms with van der Waals surface area (Å²) in [5.41, 5.74) is 9.02. The van der Waals surface area contributed by atoms with Gasteiger partial charge in [0.25, 0.3) is 0 Å². The van der Waals surface area contributed by atoms with Gasteiger partial charge in [0, 0.05) is 12.1 Å². The van der Waals surface area contributed by atoms with Gasteiger partial charge in [-0.1, -0.05) is 63.6 Å². The Balaban J connectivity index is 0.00000136. The summed E-state index contributed by atoms with van der Waals surface area (Å²) in [7, 11) is 0. The molecule has 2 aromatic rings. The monoisotopic (exact) mass is 379 g/mol. The number of carbonyl (C=O) groups is 1. The van der Waals surface area contributed by atoms with E-state index in [4.69, 9.17) is 0 Å². The van der Waals surface area contributed by atoms with E-state index in [1.807, 2.05) is 0 Å². The normalized spacial score (nSPS) is 11.1. The summed E-state index contributed by atoms with van der Waals surface area (Å²) in [6.07, 6.45) is 9.00. The highest BCUT2D eigenvalue weighted by atomic mass is 16.1. The van der Waals surface area contributed by atoms with Gasteiger partial charge in [-0.2, -0.15) is 0 Å². The second kappa shape index (κ2) is 10.8. The average Bonchev–Trinajstić information content (AvgIpc) is 3.11. The quantitative estimate of drug-likeness (QED) is 0.296. The van der Waals surface area contributed by atoms with E-state index >= 15 is 0 Å². The van der Waals surface area contributed by atoms with Gasteiger partial charge >= 0.3 is 0 Å². The molecule has 0 heterocycles. The number of carbonyl (C=O) groups excluding carboxylic acids is 1. The molecule has 1 amide bonds. The Labute approximate surface area is 169 Å². The Hall–Kier alpha value is -2.43. The molecule has 150 valence electrons. The van der Waals surface area contributed by atoms with Crippen LogP contribution in [0.1, 0.15) is 61.8 Å². The third-order valence-electron chi connectivity index (χ3n) is 5.32. The maximum Gasteiger partial charge on any atom is 0.247 e. The van der Waals surface area contributed by atoms with E-state index in [1.54, 1.807) is 0 Å². The van der Waals surface area contributed by atoms with Crippen molar-refractivity contribution in [3.8, 4) is 11.1 Å². The van der Waals surface area contributed by atoms with Crippen molar-refractivity contribution >= 4 is 11.6 Å². The van der Waals surface area contributed by atoms with Crippen LogP contribution in [-0.4, -0.2) is 5.91 Å². The molecule has 0 saturated heterocycles. The first-order chi connectivity index (χ1) is 13.7. The first kappa shape index (κ1) is 21.9. The second-order valence-electron chi connectivity index (χ2n) is 7.15. The summed E-state index contributed by atoms with van der Waals surface area (Å²) in [6.45, 7) is 8.09. The van der Waals surface area contributed by atoms with Crippen LogP contribution in [0.15, 0.2) is 43.0 Å². The van der Waals surface area contributed by atoms with Crippen LogP contribution in [0.3, 0.4) is 0 Å². The topological polar surface area (TPSA) is 81.1 Å². The number of nitrogens with one attached hydrogen (secondary N) is 1. The SMILES string of the molecule is C=CC(=O)Nc1c(CCCC)c(CCCC)cc2c1Cc1ccccc1-2.NN. The summed E-state index contributed by atoms with van der Waals surface area (Å²) < 4.78 is 0. The van der Waals surface area contributed by atoms with Gasteiger partial charge in [0.1, 0.15) is 0 Å². The van der Waals surface area contributed by atoms with Crippen molar-refractivity contribution in [1.82, 2.24) is 0 Å². The Bertz CT molecular complexity index is 827. The fourth-order valence-corrected chi connectivity index (χ4v) is 3.93. The lowest BCUT2D eigenvalue weighted by atomic mass is 9.90. The molecule has 5 N–H and O–H groups in total. The number of hydrogen-bond donors (Lipinski definition) is 3. The van der Waals surface area contributed by atoms with Crippen molar-refractivity contribution < 1.29 is 4.79 Å². The first-order valence-corrected chi connectivity index (χ1v) is 10.2. The van der Waals surface area contributed by atoms with Crippen molar-refractivity contribution in [2.75, 3.05) is 5.32 Å². The van der Waals surface area contributed by atoms with E-state index < -0.39 is 0 Å². The molecule has 0 fully saturated rings. The molecule has 1 aliphatic carbocycles. The molecule has 3 rings (SSSR count). The summed E-state index contributed by atoms with van der Waals surface area (Å²) in [5, 5.41) is 3.16. The number of hydrogen-bond acceptors (Lipinski definition) is 3. The van der Waals surface area contributed by atoms with Crippen LogP contribution in [0, 0.1) is 0 Å². The molecule has 4 heteroatoms. The number of hydrazine groups is 1. The molecule has 0 saturated carbocycles. The van der Waals surface area contributed by atoms with Crippen LogP contribution in [0.4, 0.5) is 5.69 Å². The standard InChI is InChI=1S/C24H29NO.H4N2/c1-4-7-11-18-15-21-19-14-10-9-12-17(19)16-22(21)24(25-23(26)6-3)20(18)13-8-5-2;1-2/h6,9-10,12,14-15H,3-5,7-8,11,13,16H2,1-2H3,(H,25,26);1-2H2. The maximum absolute atomic E-state index is 12.2. The molecule has 0 aromatic heterocycles. The van der Waals surface area contributed by atoms with E-state index in [0.717, 1.165) is 37.8 Å². The van der Waals surface area contributed by atoms with Gasteiger partial charge in [0.2, 0.25) is 5.91 Å². The molecule has 0 spiro atoms. The van der Waals surface area contributed by atoms with Gasteiger partial charge in [0.15, 0.2) is 0 Å². The number of aryl methyl sites for hydroxylation is 1. The van der Waals surface area contributed by atoms with Crippen LogP contribution < -0.4 is 17.0 Å². The average molecular weight is 380 g/mol. The smallest absolute Gasteiger partial charge is 0.247 e. The molecule has 28 heavy (non-hydrogen) atoms. The van der Waals surface area contributed by atoms with Crippen LogP contribution in [-0.2, 0) is 24.1 Å². The molecule has 2 aromatic carbocycles. The van der Waals surface area contributed by atoms with Crippen LogP contribution in [0.25, 0.3) is 11.1 Å². The zero-order valence-electron chi connectivity index (χ0n) is 17.2. The summed E-state index contributed by atoms with van der Waals surface area (Å²) in [5.74, 6) is 7.88. The number of benzene rings is 2. The molecule has 0 unspecified atom stereocenters. The Kier molecular flexibility index (Phi) is 8.42. The van der Waals surface area contributed by atoms with Crippen molar-refractivity contribution in [2.45, 2.75) is 58.8 Å². The molecule has 0 aliphatic heterocycles. The van der Waals surface area contributed by atoms with Gasteiger partial charge in [-0.05, 0) is 65.1 Å². The number of fused-ring (bicyclic) bond motifs is 3. The minimum atomic E-state index is -0.117. The number of amides is 1. The second-order valence-corrected chi connectivity index (χ2v) is 7.15. The third kappa shape index (κ3) is 4.70. The van der Waals surface area contributed by atoms with Gasteiger partial charge in [0.05, 0.1) is 0 Å². The Morgan fingerprint density at radius 2 is 1.79 bits per heavy atom. The lowest BCUT2D eigenvalue weighted by molar-refractivity contribution is -0.111. The minimum absolute atomic E-state index is 0.117. The summed E-state index contributed by atoms with van der Waals surface area (Å²) in [4.78, 5) is 12.2. The van der Waals surface area contributed by atoms with Crippen LogP contribution in [0.5, 0.6) is 0 Å². The van der Waals surface area contributed by atoms with Gasteiger partial charge in [-0.25, -0.2) is 0 Å². The van der Waals surface area contributed by atoms with Crippen molar-refractivity contribution in [3.05, 3.63) is 65.2 Å². The molecular formula is C24H33N3O. The highest BCUT2D eigenvalue weighted by Crippen LogP contribution is 2.44. The highest BCUT2D eigenvalue weighted by molar-refractivity contribution is 6.01. The predicted molar refractivity (Wildman–Crippen MR) is 119 cm³/mol. The predicted octanol–water partition coefficient (Wildman–Crippen LogP) is 4.89. The van der Waals surface area contributed by atoms with E-state index in [0.29, 0.717) is 0 Å². The van der Waals surface area contributed by atoms with E-state index in [1.165, 1.54) is 52.3 Å². The third-order valence-corrected chi connectivity index (χ3v) is 5.32. The molecule has 4 nitrogen and oxygen atoms in total. The molecule has 0 radical (unpaired) electrons. The van der Waals surface area contributed by atoms with Gasteiger partial charge in [-0.15, -0.1) is 0 Å². The number of unbranched alkanes of at least 4 members (excludes halogenated alkanes) is 2. The van der Waals surface area contributed by atoms with E-state index in [9.17, 15) is 4.79 Å². The number of rotatable bonds is 8. The zero-order chi connectivity index (χ0) is 20.5.